The first-order valence-electron chi connectivity index (χ1n) is 16.9. The van der Waals surface area contributed by atoms with Crippen LogP contribution in [-0.4, -0.2) is 14.5 Å². The van der Waals surface area contributed by atoms with E-state index < -0.39 is 0 Å². The number of rotatable bonds is 3. The summed E-state index contributed by atoms with van der Waals surface area (Å²) >= 11 is 1.86. The minimum atomic E-state index is 0.870. The first kappa shape index (κ1) is 27.7. The Bertz CT molecular complexity index is 2990. The van der Waals surface area contributed by atoms with Crippen LogP contribution in [0.4, 0.5) is 0 Å². The second-order valence-electron chi connectivity index (χ2n) is 13.0. The largest absolute Gasteiger partial charge is 0.307 e. The molecule has 8 aromatic carbocycles. The van der Waals surface area contributed by atoms with Gasteiger partial charge in [-0.25, -0.2) is 4.98 Å². The number of fused-ring (bicyclic) bond motifs is 11. The highest BCUT2D eigenvalue weighted by Gasteiger charge is 2.22. The zero-order valence-corrected chi connectivity index (χ0v) is 27.7. The highest BCUT2D eigenvalue weighted by Crippen LogP contribution is 2.47. The second kappa shape index (κ2) is 10.6. The number of hydrogen-bond donors (Lipinski definition) is 0. The summed E-state index contributed by atoms with van der Waals surface area (Å²) in [6.07, 6.45) is 1.92. The topological polar surface area (TPSA) is 30.7 Å². The third-order valence-corrected chi connectivity index (χ3v) is 11.3. The number of nitrogens with zero attached hydrogens (tertiary/aromatic N) is 3. The molecule has 0 unspecified atom stereocenters. The molecular formula is C46H27N3S. The Labute approximate surface area is 292 Å². The van der Waals surface area contributed by atoms with Crippen LogP contribution in [0.1, 0.15) is 0 Å². The maximum atomic E-state index is 5.25. The standard InChI is InChI=1S/C46H27N3S/c1-3-16-35-33(14-1)34-15-2-4-17-36(34)45-44(35)47-27-39(48-45)32-13-8-12-30(25-32)28-10-7-11-29(24-28)31-22-23-40-38(26-31)37-18-9-21-43-46(37)49(40)41-19-5-6-20-42(41)50-43/h1-27H. The van der Waals surface area contributed by atoms with E-state index >= 15 is 0 Å². The molecule has 0 saturated heterocycles. The lowest BCUT2D eigenvalue weighted by atomic mass is 9.96. The first-order chi connectivity index (χ1) is 24.8. The number of para-hydroxylation sites is 2. The van der Waals surface area contributed by atoms with Crippen LogP contribution in [0.5, 0.6) is 0 Å². The third kappa shape index (κ3) is 4.06. The molecule has 1 aliphatic heterocycles. The highest BCUT2D eigenvalue weighted by molar-refractivity contribution is 7.99. The van der Waals surface area contributed by atoms with Gasteiger partial charge in [0.05, 0.1) is 39.6 Å². The van der Waals surface area contributed by atoms with E-state index in [1.165, 1.54) is 64.7 Å². The third-order valence-electron chi connectivity index (χ3n) is 10.2. The van der Waals surface area contributed by atoms with E-state index in [0.29, 0.717) is 0 Å². The van der Waals surface area contributed by atoms with Gasteiger partial charge >= 0.3 is 0 Å². The predicted octanol–water partition coefficient (Wildman–Crippen LogP) is 12.5. The summed E-state index contributed by atoms with van der Waals surface area (Å²) in [5.41, 5.74) is 12.3. The summed E-state index contributed by atoms with van der Waals surface area (Å²) in [7, 11) is 0. The van der Waals surface area contributed by atoms with Gasteiger partial charge in [0.2, 0.25) is 0 Å². The van der Waals surface area contributed by atoms with Crippen LogP contribution < -0.4 is 0 Å². The summed E-state index contributed by atoms with van der Waals surface area (Å²) < 4.78 is 2.44. The predicted molar refractivity (Wildman–Crippen MR) is 209 cm³/mol. The van der Waals surface area contributed by atoms with Crippen molar-refractivity contribution < 1.29 is 0 Å². The second-order valence-corrected chi connectivity index (χ2v) is 14.1. The Hall–Kier alpha value is -6.23. The summed E-state index contributed by atoms with van der Waals surface area (Å²) in [6.45, 7) is 0. The van der Waals surface area contributed by atoms with Crippen LogP contribution in [0, 0.1) is 0 Å². The van der Waals surface area contributed by atoms with Gasteiger partial charge in [-0.15, -0.1) is 0 Å². The summed E-state index contributed by atoms with van der Waals surface area (Å²) in [5, 5.41) is 7.23. The molecule has 0 amide bonds. The van der Waals surface area contributed by atoms with Crippen LogP contribution in [0.2, 0.25) is 0 Å². The lowest BCUT2D eigenvalue weighted by Crippen LogP contribution is -2.00. The maximum absolute atomic E-state index is 5.25. The highest BCUT2D eigenvalue weighted by atomic mass is 32.2. The van der Waals surface area contributed by atoms with E-state index in [4.69, 9.17) is 9.97 Å². The fourth-order valence-electron chi connectivity index (χ4n) is 7.89. The van der Waals surface area contributed by atoms with Crippen molar-refractivity contribution in [1.29, 1.82) is 0 Å². The van der Waals surface area contributed by atoms with Gasteiger partial charge in [-0.3, -0.25) is 4.98 Å². The van der Waals surface area contributed by atoms with Crippen molar-refractivity contribution in [2.24, 2.45) is 0 Å². The Morgan fingerprint density at radius 2 is 1.00 bits per heavy atom. The molecule has 0 radical (unpaired) electrons. The van der Waals surface area contributed by atoms with Crippen molar-refractivity contribution >= 4 is 66.1 Å². The minimum absolute atomic E-state index is 0.870. The van der Waals surface area contributed by atoms with E-state index in [9.17, 15) is 0 Å². The molecule has 0 bridgehead atoms. The molecule has 232 valence electrons. The van der Waals surface area contributed by atoms with Crippen molar-refractivity contribution in [3.05, 3.63) is 164 Å². The summed E-state index contributed by atoms with van der Waals surface area (Å²) in [5.74, 6) is 0. The van der Waals surface area contributed by atoms with Crippen molar-refractivity contribution in [3.8, 4) is 39.2 Å². The average molecular weight is 654 g/mol. The Morgan fingerprint density at radius 3 is 1.78 bits per heavy atom. The number of aromatic nitrogens is 3. The molecule has 0 aliphatic carbocycles. The van der Waals surface area contributed by atoms with Crippen LogP contribution >= 0.6 is 11.8 Å². The van der Waals surface area contributed by atoms with E-state index in [1.807, 2.05) is 18.0 Å². The van der Waals surface area contributed by atoms with E-state index in [-0.39, 0.29) is 0 Å². The van der Waals surface area contributed by atoms with Crippen LogP contribution in [0.3, 0.4) is 0 Å². The molecule has 2 aromatic heterocycles. The zero-order chi connectivity index (χ0) is 32.8. The van der Waals surface area contributed by atoms with Gasteiger partial charge in [0.15, 0.2) is 0 Å². The fourth-order valence-corrected chi connectivity index (χ4v) is 8.99. The summed E-state index contributed by atoms with van der Waals surface area (Å²) in [6, 6.07) is 56.9. The molecule has 0 spiro atoms. The minimum Gasteiger partial charge on any atom is -0.307 e. The monoisotopic (exact) mass is 653 g/mol. The SMILES string of the molecule is c1cc(-c2cccc(-c3cnc4c5ccccc5c5ccccc5c4n3)c2)cc(-c2ccc3c(c2)c2cccc4c2n3-c2ccccc2S4)c1. The molecule has 10 aromatic rings. The van der Waals surface area contributed by atoms with Gasteiger partial charge in [-0.2, -0.15) is 0 Å². The molecule has 0 saturated carbocycles. The normalized spacial score (nSPS) is 12.3. The smallest absolute Gasteiger partial charge is 0.0979 e. The molecule has 50 heavy (non-hydrogen) atoms. The van der Waals surface area contributed by atoms with Crippen LogP contribution in [-0.2, 0) is 0 Å². The van der Waals surface area contributed by atoms with Crippen LogP contribution in [0.15, 0.2) is 174 Å². The molecule has 1 aliphatic rings. The van der Waals surface area contributed by atoms with Crippen molar-refractivity contribution in [2.45, 2.75) is 9.79 Å². The van der Waals surface area contributed by atoms with E-state index in [0.717, 1.165) is 38.6 Å². The molecular weight excluding hydrogens is 627 g/mol. The zero-order valence-electron chi connectivity index (χ0n) is 26.8. The van der Waals surface area contributed by atoms with Gasteiger partial charge < -0.3 is 4.57 Å². The molecule has 0 fully saturated rings. The Balaban J connectivity index is 1.01. The first-order valence-corrected chi connectivity index (χ1v) is 17.7. The van der Waals surface area contributed by atoms with Gasteiger partial charge in [0, 0.05) is 36.9 Å². The lowest BCUT2D eigenvalue weighted by molar-refractivity contribution is 1.09. The number of benzene rings is 8. The maximum Gasteiger partial charge on any atom is 0.0979 e. The van der Waals surface area contributed by atoms with Crippen molar-refractivity contribution in [1.82, 2.24) is 14.5 Å². The van der Waals surface area contributed by atoms with Crippen LogP contribution in [0.25, 0.3) is 93.6 Å². The summed E-state index contributed by atoms with van der Waals surface area (Å²) in [4.78, 5) is 12.8. The average Bonchev–Trinajstić information content (AvgIpc) is 3.53. The van der Waals surface area contributed by atoms with Crippen molar-refractivity contribution in [3.63, 3.8) is 0 Å². The van der Waals surface area contributed by atoms with Gasteiger partial charge in [-0.1, -0.05) is 127 Å². The lowest BCUT2D eigenvalue weighted by Gasteiger charge is -2.19. The molecule has 3 heterocycles. The molecule has 4 heteroatoms. The van der Waals surface area contributed by atoms with Crippen molar-refractivity contribution in [2.75, 3.05) is 0 Å². The molecule has 3 nitrogen and oxygen atoms in total. The van der Waals surface area contributed by atoms with E-state index in [2.05, 4.69) is 162 Å². The quantitative estimate of drug-likeness (QED) is 0.178. The number of hydrogen-bond acceptors (Lipinski definition) is 3. The Morgan fingerprint density at radius 1 is 0.420 bits per heavy atom. The molecule has 0 N–H and O–H groups in total. The molecule has 11 rings (SSSR count). The van der Waals surface area contributed by atoms with E-state index in [1.54, 1.807) is 0 Å². The fraction of sp³-hybridized carbons (Fsp3) is 0. The van der Waals surface area contributed by atoms with Gasteiger partial charge in [-0.05, 0) is 75.5 Å². The van der Waals surface area contributed by atoms with Gasteiger partial charge in [0.25, 0.3) is 0 Å². The van der Waals surface area contributed by atoms with Gasteiger partial charge in [0.1, 0.15) is 0 Å². The Kier molecular flexibility index (Phi) is 5.89. The molecule has 0 atom stereocenters.